The number of aromatic nitrogens is 2. The molecule has 2 aliphatic heterocycles. The summed E-state index contributed by atoms with van der Waals surface area (Å²) in [6.07, 6.45) is -1.65. The van der Waals surface area contributed by atoms with Gasteiger partial charge in [-0.25, -0.2) is 0 Å². The number of rotatable bonds is 11. The zero-order valence-electron chi connectivity index (χ0n) is 27.6. The van der Waals surface area contributed by atoms with Gasteiger partial charge in [0.2, 0.25) is 11.8 Å². The van der Waals surface area contributed by atoms with Crippen molar-refractivity contribution in [3.05, 3.63) is 102 Å². The Morgan fingerprint density at radius 3 is 2.16 bits per heavy atom. The Labute approximate surface area is 301 Å². The van der Waals surface area contributed by atoms with E-state index in [1.807, 2.05) is 41.3 Å². The van der Waals surface area contributed by atoms with Gasteiger partial charge < -0.3 is 23.5 Å². The van der Waals surface area contributed by atoms with Crippen LogP contribution in [0.1, 0.15) is 39.9 Å². The number of fused-ring (bicyclic) bond motifs is 1. The molecule has 0 radical (unpaired) electrons. The van der Waals surface area contributed by atoms with E-state index in [1.165, 1.54) is 19.6 Å². The van der Waals surface area contributed by atoms with E-state index in [2.05, 4.69) is 44.0 Å². The number of benzene rings is 2. The summed E-state index contributed by atoms with van der Waals surface area (Å²) in [7, 11) is 1.40. The second-order valence-electron chi connectivity index (χ2n) is 11.9. The van der Waals surface area contributed by atoms with Crippen LogP contribution in [0.25, 0.3) is 0 Å². The maximum Gasteiger partial charge on any atom is 0.422 e. The third kappa shape index (κ3) is 9.00. The lowest BCUT2D eigenvalue weighted by Gasteiger charge is -2.53. The largest absolute Gasteiger partial charge is 0.481 e. The second kappa shape index (κ2) is 17.3. The second-order valence-corrected chi connectivity index (χ2v) is 11.9. The smallest absolute Gasteiger partial charge is 0.422 e. The van der Waals surface area contributed by atoms with Crippen LogP contribution >= 0.6 is 24.8 Å². The maximum atomic E-state index is 13.4. The van der Waals surface area contributed by atoms with Gasteiger partial charge in [-0.05, 0) is 24.1 Å². The highest BCUT2D eigenvalue weighted by Gasteiger charge is 2.44. The quantitative estimate of drug-likeness (QED) is 0.181. The molecule has 4 heterocycles. The summed E-state index contributed by atoms with van der Waals surface area (Å²) in [5, 5.41) is 0. The van der Waals surface area contributed by atoms with Crippen molar-refractivity contribution in [2.24, 2.45) is 0 Å². The maximum absolute atomic E-state index is 13.4. The third-order valence-electron chi connectivity index (χ3n) is 8.76. The Morgan fingerprint density at radius 2 is 1.58 bits per heavy atom. The normalized spacial score (nSPS) is 18.1. The van der Waals surface area contributed by atoms with E-state index < -0.39 is 12.8 Å². The van der Waals surface area contributed by atoms with E-state index in [0.717, 1.165) is 11.1 Å². The SMILES string of the molecule is CCOc1nc(OC)c(CN2C[C@@H]3CN(C(=O)c4ccoc4)CCN3[C@H](C(c3ccccc3)c3ccccc3)C2)c(OCC(F)(F)F)n1.Cl.Cl. The van der Waals surface area contributed by atoms with E-state index in [4.69, 9.17) is 18.6 Å². The molecule has 0 bridgehead atoms. The van der Waals surface area contributed by atoms with Crippen LogP contribution in [0, 0.1) is 0 Å². The molecule has 2 aliphatic rings. The first-order valence-corrected chi connectivity index (χ1v) is 15.9. The number of amides is 1. The first-order chi connectivity index (χ1) is 23.2. The Kier molecular flexibility index (Phi) is 13.4. The van der Waals surface area contributed by atoms with Crippen molar-refractivity contribution in [3.63, 3.8) is 0 Å². The van der Waals surface area contributed by atoms with E-state index in [-0.39, 0.29) is 85.2 Å². The first kappa shape index (κ1) is 38.8. The number of nitrogens with zero attached hydrogens (tertiary/aromatic N) is 5. The molecule has 4 aromatic rings. The van der Waals surface area contributed by atoms with E-state index >= 15 is 0 Å². The van der Waals surface area contributed by atoms with Gasteiger partial charge in [-0.15, -0.1) is 24.8 Å². The molecule has 2 atom stereocenters. The van der Waals surface area contributed by atoms with Gasteiger partial charge in [0, 0.05) is 57.3 Å². The van der Waals surface area contributed by atoms with Crippen LogP contribution in [0.15, 0.2) is 83.7 Å². The van der Waals surface area contributed by atoms with Crippen LogP contribution < -0.4 is 14.2 Å². The summed E-state index contributed by atoms with van der Waals surface area (Å²) in [5.74, 6) is -0.310. The molecule has 50 heavy (non-hydrogen) atoms. The minimum absolute atomic E-state index is 0. The molecular weight excluding hydrogens is 698 g/mol. The van der Waals surface area contributed by atoms with Gasteiger partial charge in [0.15, 0.2) is 6.61 Å². The third-order valence-corrected chi connectivity index (χ3v) is 8.76. The van der Waals surface area contributed by atoms with Gasteiger partial charge in [0.25, 0.3) is 5.91 Å². The van der Waals surface area contributed by atoms with E-state index in [0.29, 0.717) is 38.3 Å². The lowest BCUT2D eigenvalue weighted by Crippen LogP contribution is -2.67. The molecule has 2 aromatic heterocycles. The van der Waals surface area contributed by atoms with Crippen molar-refractivity contribution in [2.45, 2.75) is 37.6 Å². The van der Waals surface area contributed by atoms with Crippen molar-refractivity contribution in [1.29, 1.82) is 0 Å². The van der Waals surface area contributed by atoms with Crippen molar-refractivity contribution < 1.29 is 36.6 Å². The Bertz CT molecular complexity index is 1610. The molecule has 270 valence electrons. The van der Waals surface area contributed by atoms with E-state index in [1.54, 1.807) is 13.0 Å². The highest BCUT2D eigenvalue weighted by Crippen LogP contribution is 2.38. The van der Waals surface area contributed by atoms with Crippen LogP contribution in [0.2, 0.25) is 0 Å². The molecule has 1 amide bonds. The van der Waals surface area contributed by atoms with Crippen LogP contribution in [0.5, 0.6) is 17.8 Å². The lowest BCUT2D eigenvalue weighted by atomic mass is 9.81. The predicted octanol–water partition coefficient (Wildman–Crippen LogP) is 6.10. The molecule has 10 nitrogen and oxygen atoms in total. The number of ether oxygens (including phenoxy) is 3. The first-order valence-electron chi connectivity index (χ1n) is 15.9. The molecular formula is C35H40Cl2F3N5O5. The lowest BCUT2D eigenvalue weighted by molar-refractivity contribution is -0.154. The number of alkyl halides is 3. The van der Waals surface area contributed by atoms with Crippen LogP contribution in [-0.2, 0) is 6.54 Å². The summed E-state index contributed by atoms with van der Waals surface area (Å²) in [6, 6.07) is 22.0. The fourth-order valence-corrected chi connectivity index (χ4v) is 6.76. The van der Waals surface area contributed by atoms with Crippen LogP contribution in [-0.4, -0.2) is 102 Å². The molecule has 2 saturated heterocycles. The fraction of sp³-hybridized carbons (Fsp3) is 0.400. The fourth-order valence-electron chi connectivity index (χ4n) is 6.76. The molecule has 0 spiro atoms. The predicted molar refractivity (Wildman–Crippen MR) is 185 cm³/mol. The summed E-state index contributed by atoms with van der Waals surface area (Å²) in [5.41, 5.74) is 3.06. The van der Waals surface area contributed by atoms with Crippen molar-refractivity contribution in [3.8, 4) is 17.8 Å². The number of carbonyl (C=O) groups is 1. The molecule has 6 rings (SSSR count). The molecule has 0 N–H and O–H groups in total. The number of methoxy groups -OCH3 is 1. The Hall–Kier alpha value is -4.04. The average molecular weight is 739 g/mol. The van der Waals surface area contributed by atoms with Crippen molar-refractivity contribution in [1.82, 2.24) is 24.7 Å². The number of hydrogen-bond acceptors (Lipinski definition) is 9. The van der Waals surface area contributed by atoms with Crippen molar-refractivity contribution >= 4 is 30.7 Å². The van der Waals surface area contributed by atoms with Gasteiger partial charge in [0.05, 0.1) is 31.1 Å². The van der Waals surface area contributed by atoms with Gasteiger partial charge >= 0.3 is 12.2 Å². The van der Waals surface area contributed by atoms with Gasteiger partial charge in [-0.3, -0.25) is 14.6 Å². The molecule has 15 heteroatoms. The molecule has 0 unspecified atom stereocenters. The number of piperazine rings is 2. The van der Waals surface area contributed by atoms with Crippen molar-refractivity contribution in [2.75, 3.05) is 53.0 Å². The number of hydrogen-bond donors (Lipinski definition) is 0. The van der Waals surface area contributed by atoms with Gasteiger partial charge in [0.1, 0.15) is 6.26 Å². The summed E-state index contributed by atoms with van der Waals surface area (Å²) in [4.78, 5) is 28.4. The highest BCUT2D eigenvalue weighted by molar-refractivity contribution is 5.93. The van der Waals surface area contributed by atoms with Crippen LogP contribution in [0.4, 0.5) is 13.2 Å². The number of halogens is 5. The minimum Gasteiger partial charge on any atom is -0.481 e. The minimum atomic E-state index is -4.58. The molecule has 0 saturated carbocycles. The monoisotopic (exact) mass is 737 g/mol. The number of furan rings is 1. The summed E-state index contributed by atoms with van der Waals surface area (Å²) >= 11 is 0. The number of carbonyl (C=O) groups excluding carboxylic acids is 1. The zero-order chi connectivity index (χ0) is 33.7. The standard InChI is InChI=1S/C35H38F3N5O5.2ClH/c1-3-47-34-39-31(45-2)28(32(40-34)48-23-35(36,37)38)20-41-18-27-19-42(33(44)26-14-17-46-22-26)15-16-43(27)29(21-41)30(24-10-6-4-7-11-24)25-12-8-5-9-13-25;;/h4-14,17,22,27,29-30H,3,15-16,18-21,23H2,1-2H3;2*1H/t27-,29+;;/m1../s1. The zero-order valence-corrected chi connectivity index (χ0v) is 29.3. The molecule has 2 aromatic carbocycles. The van der Waals surface area contributed by atoms with E-state index in [9.17, 15) is 18.0 Å². The molecule has 0 aliphatic carbocycles. The Balaban J connectivity index is 0.00000281. The summed E-state index contributed by atoms with van der Waals surface area (Å²) in [6.45, 7) is 3.30. The average Bonchev–Trinajstić information content (AvgIpc) is 3.64. The van der Waals surface area contributed by atoms with Gasteiger partial charge in [-0.2, -0.15) is 23.1 Å². The highest BCUT2D eigenvalue weighted by atomic mass is 35.5. The Morgan fingerprint density at radius 1 is 0.920 bits per heavy atom. The summed E-state index contributed by atoms with van der Waals surface area (Å²) < 4.78 is 61.4. The molecule has 2 fully saturated rings. The topological polar surface area (TPSA) is 93.4 Å². The van der Waals surface area contributed by atoms with Gasteiger partial charge in [-0.1, -0.05) is 60.7 Å². The van der Waals surface area contributed by atoms with Crippen LogP contribution in [0.3, 0.4) is 0 Å².